The molecule has 1 fully saturated rings. The molecule has 14 heavy (non-hydrogen) atoms. The zero-order valence-electron chi connectivity index (χ0n) is 7.89. The molecule has 1 unspecified atom stereocenters. The first-order valence-corrected chi connectivity index (χ1v) is 6.10. The van der Waals surface area contributed by atoms with Crippen LogP contribution in [0.25, 0.3) is 0 Å². The fraction of sp³-hybridized carbons (Fsp3) is 0.455. The summed E-state index contributed by atoms with van der Waals surface area (Å²) in [6.45, 7) is 1.15. The summed E-state index contributed by atoms with van der Waals surface area (Å²) in [6.07, 6.45) is 3.61. The minimum absolute atomic E-state index is 0.619. The number of hydrogen-bond donors (Lipinski definition) is 1. The van der Waals surface area contributed by atoms with Crippen molar-refractivity contribution in [3.63, 3.8) is 0 Å². The highest BCUT2D eigenvalue weighted by Crippen LogP contribution is 2.23. The highest BCUT2D eigenvalue weighted by Gasteiger charge is 2.15. The van der Waals surface area contributed by atoms with Gasteiger partial charge in [0.2, 0.25) is 0 Å². The molecule has 1 nitrogen and oxygen atoms in total. The van der Waals surface area contributed by atoms with Crippen LogP contribution < -0.4 is 5.32 Å². The summed E-state index contributed by atoms with van der Waals surface area (Å²) in [4.78, 5) is 0. The fourth-order valence-electron chi connectivity index (χ4n) is 1.88. The Morgan fingerprint density at radius 2 is 2.36 bits per heavy atom. The second kappa shape index (κ2) is 4.65. The smallest absolute Gasteiger partial charge is 0.0449 e. The van der Waals surface area contributed by atoms with Crippen LogP contribution >= 0.6 is 27.5 Å². The predicted molar refractivity (Wildman–Crippen MR) is 63.9 cm³/mol. The molecule has 1 aromatic rings. The quantitative estimate of drug-likeness (QED) is 0.871. The Balaban J connectivity index is 2.08. The molecule has 0 bridgehead atoms. The average molecular weight is 275 g/mol. The summed E-state index contributed by atoms with van der Waals surface area (Å²) in [7, 11) is 0. The summed E-state index contributed by atoms with van der Waals surface area (Å²) in [5.41, 5.74) is 1.24. The molecule has 1 atom stereocenters. The van der Waals surface area contributed by atoms with E-state index < -0.39 is 0 Å². The van der Waals surface area contributed by atoms with Crippen molar-refractivity contribution in [1.29, 1.82) is 0 Å². The van der Waals surface area contributed by atoms with Crippen LogP contribution in [-0.2, 0) is 6.42 Å². The molecule has 1 N–H and O–H groups in total. The first-order chi connectivity index (χ1) is 6.75. The van der Waals surface area contributed by atoms with Gasteiger partial charge in [0.05, 0.1) is 0 Å². The van der Waals surface area contributed by atoms with Crippen LogP contribution in [0.4, 0.5) is 0 Å². The molecule has 0 radical (unpaired) electrons. The van der Waals surface area contributed by atoms with Gasteiger partial charge in [-0.05, 0) is 43.5 Å². The molecule has 3 heteroatoms. The van der Waals surface area contributed by atoms with Crippen LogP contribution in [0.1, 0.15) is 18.4 Å². The minimum Gasteiger partial charge on any atom is -0.314 e. The summed E-state index contributed by atoms with van der Waals surface area (Å²) >= 11 is 9.56. The topological polar surface area (TPSA) is 12.0 Å². The average Bonchev–Trinajstić information content (AvgIpc) is 2.62. The lowest BCUT2D eigenvalue weighted by Crippen LogP contribution is -2.23. The molecule has 0 amide bonds. The SMILES string of the molecule is Clc1cc(Br)ccc1CC1CCCN1. The lowest BCUT2D eigenvalue weighted by molar-refractivity contribution is 0.603. The Bertz CT molecular complexity index is 321. The van der Waals surface area contributed by atoms with E-state index in [-0.39, 0.29) is 0 Å². The highest BCUT2D eigenvalue weighted by atomic mass is 79.9. The van der Waals surface area contributed by atoms with Gasteiger partial charge < -0.3 is 5.32 Å². The third-order valence-corrected chi connectivity index (χ3v) is 3.49. The molecule has 0 spiro atoms. The summed E-state index contributed by atoms with van der Waals surface area (Å²) in [6, 6.07) is 6.74. The van der Waals surface area contributed by atoms with Gasteiger partial charge in [0.15, 0.2) is 0 Å². The van der Waals surface area contributed by atoms with Crippen molar-refractivity contribution in [2.24, 2.45) is 0 Å². The normalized spacial score (nSPS) is 21.4. The molecule has 0 aromatic heterocycles. The third-order valence-electron chi connectivity index (χ3n) is 2.64. The summed E-state index contributed by atoms with van der Waals surface area (Å²) < 4.78 is 1.05. The van der Waals surface area contributed by atoms with Crippen molar-refractivity contribution < 1.29 is 0 Å². The van der Waals surface area contributed by atoms with Crippen molar-refractivity contribution in [3.8, 4) is 0 Å². The highest BCUT2D eigenvalue weighted by molar-refractivity contribution is 9.10. The molecule has 76 valence electrons. The molecule has 1 aromatic carbocycles. The zero-order chi connectivity index (χ0) is 9.97. The lowest BCUT2D eigenvalue weighted by atomic mass is 10.0. The molecule has 1 aliphatic rings. The molecular formula is C11H13BrClN. The van der Waals surface area contributed by atoms with Crippen LogP contribution in [0.15, 0.2) is 22.7 Å². The van der Waals surface area contributed by atoms with E-state index >= 15 is 0 Å². The predicted octanol–water partition coefficient (Wildman–Crippen LogP) is 3.40. The Morgan fingerprint density at radius 1 is 1.50 bits per heavy atom. The summed E-state index contributed by atoms with van der Waals surface area (Å²) in [5.74, 6) is 0. The van der Waals surface area contributed by atoms with Gasteiger partial charge >= 0.3 is 0 Å². The van der Waals surface area contributed by atoms with Gasteiger partial charge in [-0.25, -0.2) is 0 Å². The molecule has 0 saturated carbocycles. The number of rotatable bonds is 2. The van der Waals surface area contributed by atoms with Crippen LogP contribution in [0.5, 0.6) is 0 Å². The third kappa shape index (κ3) is 2.50. The van der Waals surface area contributed by atoms with E-state index in [0.29, 0.717) is 6.04 Å². The van der Waals surface area contributed by atoms with Crippen LogP contribution in [0.3, 0.4) is 0 Å². The van der Waals surface area contributed by atoms with Gasteiger partial charge in [0, 0.05) is 15.5 Å². The van der Waals surface area contributed by atoms with Gasteiger partial charge in [-0.3, -0.25) is 0 Å². The Hall–Kier alpha value is -0.0500. The van der Waals surface area contributed by atoms with E-state index in [1.807, 2.05) is 6.07 Å². The second-order valence-electron chi connectivity index (χ2n) is 3.73. The first kappa shape index (κ1) is 10.5. The van der Waals surface area contributed by atoms with E-state index in [9.17, 15) is 0 Å². The number of benzene rings is 1. The Labute approximate surface area is 98.0 Å². The second-order valence-corrected chi connectivity index (χ2v) is 5.06. The maximum Gasteiger partial charge on any atom is 0.0449 e. The van der Waals surface area contributed by atoms with Crippen LogP contribution in [0.2, 0.25) is 5.02 Å². The van der Waals surface area contributed by atoms with Crippen molar-refractivity contribution in [2.75, 3.05) is 6.54 Å². The molecule has 0 aliphatic carbocycles. The molecule has 1 aliphatic heterocycles. The zero-order valence-corrected chi connectivity index (χ0v) is 10.2. The van der Waals surface area contributed by atoms with Crippen molar-refractivity contribution >= 4 is 27.5 Å². The molecule has 2 rings (SSSR count). The van der Waals surface area contributed by atoms with Crippen molar-refractivity contribution in [1.82, 2.24) is 5.32 Å². The monoisotopic (exact) mass is 273 g/mol. The lowest BCUT2D eigenvalue weighted by Gasteiger charge is -2.11. The minimum atomic E-state index is 0.619. The van der Waals surface area contributed by atoms with Crippen LogP contribution in [-0.4, -0.2) is 12.6 Å². The van der Waals surface area contributed by atoms with E-state index in [2.05, 4.69) is 33.4 Å². The van der Waals surface area contributed by atoms with Gasteiger partial charge in [0.1, 0.15) is 0 Å². The molecule has 1 saturated heterocycles. The largest absolute Gasteiger partial charge is 0.314 e. The Morgan fingerprint density at radius 3 is 3.00 bits per heavy atom. The number of halogens is 2. The van der Waals surface area contributed by atoms with Crippen molar-refractivity contribution in [3.05, 3.63) is 33.3 Å². The number of hydrogen-bond acceptors (Lipinski definition) is 1. The van der Waals surface area contributed by atoms with E-state index in [4.69, 9.17) is 11.6 Å². The Kier molecular flexibility index (Phi) is 3.47. The van der Waals surface area contributed by atoms with Crippen LogP contribution in [0, 0.1) is 0 Å². The fourth-order valence-corrected chi connectivity index (χ4v) is 2.63. The van der Waals surface area contributed by atoms with E-state index in [0.717, 1.165) is 22.5 Å². The standard InChI is InChI=1S/C11H13BrClN/c12-9-4-3-8(11(13)7-9)6-10-2-1-5-14-10/h3-4,7,10,14H,1-2,5-6H2. The summed E-state index contributed by atoms with van der Waals surface area (Å²) in [5, 5.41) is 4.35. The molecular weight excluding hydrogens is 261 g/mol. The van der Waals surface area contributed by atoms with E-state index in [1.54, 1.807) is 0 Å². The van der Waals surface area contributed by atoms with Crippen molar-refractivity contribution in [2.45, 2.75) is 25.3 Å². The van der Waals surface area contributed by atoms with Gasteiger partial charge in [-0.15, -0.1) is 0 Å². The maximum atomic E-state index is 6.15. The van der Waals surface area contributed by atoms with Gasteiger partial charge in [-0.1, -0.05) is 33.6 Å². The number of nitrogens with one attached hydrogen (secondary N) is 1. The first-order valence-electron chi connectivity index (χ1n) is 4.93. The maximum absolute atomic E-state index is 6.15. The van der Waals surface area contributed by atoms with Gasteiger partial charge in [-0.2, -0.15) is 0 Å². The van der Waals surface area contributed by atoms with E-state index in [1.165, 1.54) is 18.4 Å². The van der Waals surface area contributed by atoms with Gasteiger partial charge in [0.25, 0.3) is 0 Å². The molecule has 1 heterocycles.